The van der Waals surface area contributed by atoms with Crippen LogP contribution in [0.2, 0.25) is 5.02 Å². The fraction of sp³-hybridized carbons (Fsp3) is 0.250. The van der Waals surface area contributed by atoms with Crippen LogP contribution in [0.4, 0.5) is 0 Å². The highest BCUT2D eigenvalue weighted by atomic mass is 35.5. The summed E-state index contributed by atoms with van der Waals surface area (Å²) in [5.74, 6) is 0. The number of nitrogens with two attached hydrogens (primary N) is 2. The molecule has 15 heavy (non-hydrogen) atoms. The Morgan fingerprint density at radius 2 is 1.93 bits per heavy atom. The summed E-state index contributed by atoms with van der Waals surface area (Å²) in [6, 6.07) is 3.20. The van der Waals surface area contributed by atoms with Crippen LogP contribution in [0.5, 0.6) is 0 Å². The Morgan fingerprint density at radius 3 is 2.27 bits per heavy atom. The molecule has 0 bridgehead atoms. The summed E-state index contributed by atoms with van der Waals surface area (Å²) < 4.78 is 22.4. The van der Waals surface area contributed by atoms with Gasteiger partial charge in [-0.1, -0.05) is 17.7 Å². The van der Waals surface area contributed by atoms with Gasteiger partial charge in [-0.05, 0) is 24.1 Å². The van der Waals surface area contributed by atoms with Crippen molar-refractivity contribution >= 4 is 34.0 Å². The molecule has 0 aliphatic carbocycles. The zero-order chi connectivity index (χ0) is 10.9. The van der Waals surface area contributed by atoms with Gasteiger partial charge in [0.05, 0.1) is 5.02 Å². The van der Waals surface area contributed by atoms with E-state index in [1.165, 1.54) is 6.07 Å². The van der Waals surface area contributed by atoms with E-state index in [-0.39, 0.29) is 28.9 Å². The lowest BCUT2D eigenvalue weighted by Crippen LogP contribution is -2.17. The van der Waals surface area contributed by atoms with Gasteiger partial charge in [0.25, 0.3) is 0 Å². The molecule has 0 saturated heterocycles. The first-order valence-corrected chi connectivity index (χ1v) is 5.81. The number of rotatable bonds is 2. The molecule has 4 N–H and O–H groups in total. The number of primary sulfonamides is 1. The van der Waals surface area contributed by atoms with E-state index in [1.54, 1.807) is 13.0 Å². The summed E-state index contributed by atoms with van der Waals surface area (Å²) >= 11 is 5.75. The van der Waals surface area contributed by atoms with Crippen LogP contribution in [0.3, 0.4) is 0 Å². The van der Waals surface area contributed by atoms with Crippen LogP contribution in [0.1, 0.15) is 11.1 Å². The summed E-state index contributed by atoms with van der Waals surface area (Å²) in [7, 11) is -3.81. The Labute approximate surface area is 100 Å². The lowest BCUT2D eigenvalue weighted by Gasteiger charge is -2.10. The van der Waals surface area contributed by atoms with Crippen molar-refractivity contribution in [1.82, 2.24) is 0 Å². The van der Waals surface area contributed by atoms with Crippen molar-refractivity contribution in [1.29, 1.82) is 0 Å². The molecule has 0 saturated carbocycles. The molecule has 0 fully saturated rings. The van der Waals surface area contributed by atoms with Crippen LogP contribution in [-0.4, -0.2) is 8.42 Å². The molecule has 0 aromatic heterocycles. The fourth-order valence-electron chi connectivity index (χ4n) is 1.26. The Morgan fingerprint density at radius 1 is 1.40 bits per heavy atom. The van der Waals surface area contributed by atoms with Crippen LogP contribution in [0, 0.1) is 6.92 Å². The zero-order valence-corrected chi connectivity index (χ0v) is 10.4. The topological polar surface area (TPSA) is 86.2 Å². The van der Waals surface area contributed by atoms with Crippen molar-refractivity contribution in [2.75, 3.05) is 0 Å². The summed E-state index contributed by atoms with van der Waals surface area (Å²) in [4.78, 5) is -0.0679. The standard InChI is InChI=1S/C8H11ClN2O2S.ClH/c1-5-2-3-7(9)8(6(5)4-10)14(11,12)13;/h2-3H,4,10H2,1H3,(H2,11,12,13);1H. The number of hydrogen-bond acceptors (Lipinski definition) is 3. The van der Waals surface area contributed by atoms with Gasteiger partial charge in [-0.2, -0.15) is 0 Å². The summed E-state index contributed by atoms with van der Waals surface area (Å²) in [6.45, 7) is 1.85. The third-order valence-electron chi connectivity index (χ3n) is 1.94. The van der Waals surface area contributed by atoms with Gasteiger partial charge in [0.2, 0.25) is 10.0 Å². The highest BCUT2D eigenvalue weighted by Crippen LogP contribution is 2.26. The monoisotopic (exact) mass is 270 g/mol. The van der Waals surface area contributed by atoms with E-state index in [9.17, 15) is 8.42 Å². The Kier molecular flexibility index (Phi) is 5.02. The number of benzene rings is 1. The lowest BCUT2D eigenvalue weighted by atomic mass is 10.1. The molecule has 86 valence electrons. The largest absolute Gasteiger partial charge is 0.326 e. The van der Waals surface area contributed by atoms with Crippen LogP contribution >= 0.6 is 24.0 Å². The summed E-state index contributed by atoms with van der Waals surface area (Å²) in [6.07, 6.45) is 0. The van der Waals surface area contributed by atoms with E-state index < -0.39 is 10.0 Å². The summed E-state index contributed by atoms with van der Waals surface area (Å²) in [5.41, 5.74) is 6.68. The van der Waals surface area contributed by atoms with Crippen molar-refractivity contribution in [2.24, 2.45) is 10.9 Å². The molecule has 1 aromatic carbocycles. The third kappa shape index (κ3) is 3.06. The van der Waals surface area contributed by atoms with Gasteiger partial charge in [-0.3, -0.25) is 0 Å². The second kappa shape index (κ2) is 5.14. The third-order valence-corrected chi connectivity index (χ3v) is 3.40. The highest BCUT2D eigenvalue weighted by molar-refractivity contribution is 7.89. The van der Waals surface area contributed by atoms with Crippen molar-refractivity contribution in [3.63, 3.8) is 0 Å². The molecule has 7 heteroatoms. The predicted octanol–water partition coefficient (Wildman–Crippen LogP) is 1.18. The van der Waals surface area contributed by atoms with Crippen LogP contribution < -0.4 is 10.9 Å². The molecule has 0 aliphatic rings. The zero-order valence-electron chi connectivity index (χ0n) is 8.03. The van der Waals surface area contributed by atoms with E-state index in [0.717, 1.165) is 5.56 Å². The van der Waals surface area contributed by atoms with Gasteiger partial charge in [-0.15, -0.1) is 12.4 Å². The van der Waals surface area contributed by atoms with Crippen LogP contribution in [0.25, 0.3) is 0 Å². The van der Waals surface area contributed by atoms with Crippen LogP contribution in [0.15, 0.2) is 17.0 Å². The van der Waals surface area contributed by atoms with Crippen molar-refractivity contribution in [3.8, 4) is 0 Å². The number of aryl methyl sites for hydroxylation is 1. The van der Waals surface area contributed by atoms with Crippen molar-refractivity contribution in [3.05, 3.63) is 28.3 Å². The van der Waals surface area contributed by atoms with Crippen LogP contribution in [-0.2, 0) is 16.6 Å². The van der Waals surface area contributed by atoms with Gasteiger partial charge in [0, 0.05) is 6.54 Å². The minimum atomic E-state index is -3.81. The predicted molar refractivity (Wildman–Crippen MR) is 62.7 cm³/mol. The lowest BCUT2D eigenvalue weighted by molar-refractivity contribution is 0.596. The average Bonchev–Trinajstić information content (AvgIpc) is 2.06. The van der Waals surface area contributed by atoms with Crippen molar-refractivity contribution < 1.29 is 8.42 Å². The Hall–Kier alpha value is -0.330. The van der Waals surface area contributed by atoms with Gasteiger partial charge >= 0.3 is 0 Å². The molecule has 0 heterocycles. The SMILES string of the molecule is Cc1ccc(Cl)c(S(N)(=O)=O)c1CN.Cl. The average molecular weight is 271 g/mol. The quantitative estimate of drug-likeness (QED) is 0.846. The molecular formula is C8H12Cl2N2O2S. The van der Waals surface area contributed by atoms with E-state index in [2.05, 4.69) is 0 Å². The molecule has 0 radical (unpaired) electrons. The second-order valence-corrected chi connectivity index (χ2v) is 4.83. The number of hydrogen-bond donors (Lipinski definition) is 2. The van der Waals surface area contributed by atoms with E-state index in [4.69, 9.17) is 22.5 Å². The molecule has 0 unspecified atom stereocenters. The minimum absolute atomic E-state index is 0. The second-order valence-electron chi connectivity index (χ2n) is 2.92. The Bertz CT molecular complexity index is 460. The first kappa shape index (κ1) is 14.7. The molecule has 1 aromatic rings. The first-order chi connectivity index (χ1) is 6.38. The molecule has 0 aliphatic heterocycles. The van der Waals surface area contributed by atoms with Gasteiger partial charge in [0.1, 0.15) is 4.90 Å². The van der Waals surface area contributed by atoms with Crippen molar-refractivity contribution in [2.45, 2.75) is 18.4 Å². The van der Waals surface area contributed by atoms with Gasteiger partial charge in [-0.25, -0.2) is 13.6 Å². The minimum Gasteiger partial charge on any atom is -0.326 e. The molecule has 1 rings (SSSR count). The van der Waals surface area contributed by atoms with E-state index >= 15 is 0 Å². The molecule has 0 amide bonds. The maximum atomic E-state index is 11.2. The molecule has 0 spiro atoms. The molecule has 4 nitrogen and oxygen atoms in total. The normalized spacial score (nSPS) is 10.9. The Balaban J connectivity index is 0.00000196. The van der Waals surface area contributed by atoms with E-state index in [0.29, 0.717) is 5.56 Å². The number of halogens is 2. The van der Waals surface area contributed by atoms with E-state index in [1.807, 2.05) is 0 Å². The smallest absolute Gasteiger partial charge is 0.239 e. The molecular weight excluding hydrogens is 259 g/mol. The maximum absolute atomic E-state index is 11.2. The number of sulfonamides is 1. The summed E-state index contributed by atoms with van der Waals surface area (Å²) in [5, 5.41) is 5.14. The van der Waals surface area contributed by atoms with Gasteiger partial charge in [0.15, 0.2) is 0 Å². The fourth-order valence-corrected chi connectivity index (χ4v) is 2.69. The van der Waals surface area contributed by atoms with Gasteiger partial charge < -0.3 is 5.73 Å². The highest BCUT2D eigenvalue weighted by Gasteiger charge is 2.18. The first-order valence-electron chi connectivity index (χ1n) is 3.88. The maximum Gasteiger partial charge on any atom is 0.239 e. The molecule has 0 atom stereocenters.